The lowest BCUT2D eigenvalue weighted by Crippen LogP contribution is -2.39. The summed E-state index contributed by atoms with van der Waals surface area (Å²) < 4.78 is 18.8. The van der Waals surface area contributed by atoms with Crippen LogP contribution in [0.4, 0.5) is 10.1 Å². The van der Waals surface area contributed by atoms with Crippen LogP contribution in [0.5, 0.6) is 5.75 Å². The Hall–Kier alpha value is -2.18. The molecule has 3 rings (SSSR count). The number of thiocarbonyl (C=S) groups is 1. The number of ether oxygens (including phenoxy) is 1. The Bertz CT molecular complexity index is 718. The number of rotatable bonds is 5. The molecule has 6 heteroatoms. The van der Waals surface area contributed by atoms with Gasteiger partial charge in [0, 0.05) is 30.9 Å². The van der Waals surface area contributed by atoms with Crippen LogP contribution in [0.3, 0.4) is 0 Å². The third-order valence-corrected chi connectivity index (χ3v) is 4.54. The largest absolute Gasteiger partial charge is 0.508 e. The predicted octanol–water partition coefficient (Wildman–Crippen LogP) is 3.91. The van der Waals surface area contributed by atoms with E-state index in [2.05, 4.69) is 5.32 Å². The third-order valence-electron chi connectivity index (χ3n) is 4.18. The Labute approximate surface area is 152 Å². The minimum atomic E-state index is -0.290. The SMILES string of the molecule is Oc1ccccc1CN(C[C@@H]1CCCO1)C(=S)Nc1ccc(F)cc1. The van der Waals surface area contributed by atoms with Crippen LogP contribution in [-0.4, -0.2) is 34.4 Å². The van der Waals surface area contributed by atoms with Crippen molar-refractivity contribution >= 4 is 23.0 Å². The number of phenols is 1. The summed E-state index contributed by atoms with van der Waals surface area (Å²) >= 11 is 5.55. The molecule has 0 radical (unpaired) electrons. The number of benzene rings is 2. The van der Waals surface area contributed by atoms with Gasteiger partial charge in [0.25, 0.3) is 0 Å². The number of phenolic OH excluding ortho intramolecular Hbond substituents is 1. The fourth-order valence-corrected chi connectivity index (χ4v) is 3.10. The van der Waals surface area contributed by atoms with Crippen LogP contribution in [0, 0.1) is 5.82 Å². The molecule has 132 valence electrons. The van der Waals surface area contributed by atoms with E-state index < -0.39 is 0 Å². The molecule has 1 saturated heterocycles. The molecule has 1 heterocycles. The molecule has 1 aliphatic rings. The Morgan fingerprint density at radius 1 is 1.24 bits per heavy atom. The van der Waals surface area contributed by atoms with Gasteiger partial charge >= 0.3 is 0 Å². The lowest BCUT2D eigenvalue weighted by atomic mass is 10.1. The van der Waals surface area contributed by atoms with E-state index in [4.69, 9.17) is 17.0 Å². The fourth-order valence-electron chi connectivity index (χ4n) is 2.84. The quantitative estimate of drug-likeness (QED) is 0.792. The number of hydrogen-bond donors (Lipinski definition) is 2. The van der Waals surface area contributed by atoms with Gasteiger partial charge in [0.05, 0.1) is 6.10 Å². The lowest BCUT2D eigenvalue weighted by Gasteiger charge is -2.28. The highest BCUT2D eigenvalue weighted by molar-refractivity contribution is 7.80. The molecule has 0 aliphatic carbocycles. The molecule has 1 aliphatic heterocycles. The van der Waals surface area contributed by atoms with Crippen molar-refractivity contribution in [3.8, 4) is 5.75 Å². The molecular weight excluding hydrogens is 339 g/mol. The van der Waals surface area contributed by atoms with Crippen LogP contribution >= 0.6 is 12.2 Å². The zero-order valence-corrected chi connectivity index (χ0v) is 14.6. The smallest absolute Gasteiger partial charge is 0.173 e. The molecule has 1 atom stereocenters. The first-order valence-corrected chi connectivity index (χ1v) is 8.72. The molecular formula is C19H21FN2O2S. The van der Waals surface area contributed by atoms with Gasteiger partial charge in [0.2, 0.25) is 0 Å². The summed E-state index contributed by atoms with van der Waals surface area (Å²) in [6.45, 7) is 1.88. The monoisotopic (exact) mass is 360 g/mol. The van der Waals surface area contributed by atoms with Crippen LogP contribution in [0.25, 0.3) is 0 Å². The Kier molecular flexibility index (Phi) is 5.83. The number of anilines is 1. The highest BCUT2D eigenvalue weighted by Crippen LogP contribution is 2.21. The second-order valence-corrected chi connectivity index (χ2v) is 6.47. The van der Waals surface area contributed by atoms with Gasteiger partial charge in [-0.15, -0.1) is 0 Å². The van der Waals surface area contributed by atoms with E-state index in [-0.39, 0.29) is 17.7 Å². The molecule has 0 unspecified atom stereocenters. The molecule has 1 fully saturated rings. The molecule has 4 nitrogen and oxygen atoms in total. The molecule has 2 aromatic rings. The van der Waals surface area contributed by atoms with Crippen molar-refractivity contribution in [3.05, 3.63) is 59.9 Å². The summed E-state index contributed by atoms with van der Waals surface area (Å²) in [7, 11) is 0. The predicted molar refractivity (Wildman–Crippen MR) is 100 cm³/mol. The maximum absolute atomic E-state index is 13.1. The van der Waals surface area contributed by atoms with Crippen molar-refractivity contribution in [3.63, 3.8) is 0 Å². The first kappa shape index (κ1) is 17.6. The fraction of sp³-hybridized carbons (Fsp3) is 0.316. The minimum Gasteiger partial charge on any atom is -0.508 e. The van der Waals surface area contributed by atoms with Crippen molar-refractivity contribution in [1.29, 1.82) is 0 Å². The van der Waals surface area contributed by atoms with Crippen molar-refractivity contribution in [2.75, 3.05) is 18.5 Å². The second-order valence-electron chi connectivity index (χ2n) is 6.08. The first-order valence-electron chi connectivity index (χ1n) is 8.32. The summed E-state index contributed by atoms with van der Waals surface area (Å²) in [5.41, 5.74) is 1.52. The summed E-state index contributed by atoms with van der Waals surface area (Å²) in [5, 5.41) is 13.7. The maximum atomic E-state index is 13.1. The average molecular weight is 360 g/mol. The number of hydrogen-bond acceptors (Lipinski definition) is 3. The van der Waals surface area contributed by atoms with E-state index in [9.17, 15) is 9.50 Å². The van der Waals surface area contributed by atoms with Crippen molar-refractivity contribution in [1.82, 2.24) is 4.90 Å². The van der Waals surface area contributed by atoms with E-state index in [0.29, 0.717) is 18.2 Å². The molecule has 0 spiro atoms. The van der Waals surface area contributed by atoms with Gasteiger partial charge in [-0.05, 0) is 55.4 Å². The summed E-state index contributed by atoms with van der Waals surface area (Å²) in [6.07, 6.45) is 2.17. The number of para-hydroxylation sites is 1. The Balaban J connectivity index is 1.73. The summed E-state index contributed by atoms with van der Waals surface area (Å²) in [4.78, 5) is 1.98. The minimum absolute atomic E-state index is 0.124. The number of nitrogens with one attached hydrogen (secondary N) is 1. The molecule has 0 bridgehead atoms. The van der Waals surface area contributed by atoms with Crippen LogP contribution < -0.4 is 5.32 Å². The first-order chi connectivity index (χ1) is 12.1. The van der Waals surface area contributed by atoms with Crippen molar-refractivity contribution in [2.45, 2.75) is 25.5 Å². The zero-order valence-electron chi connectivity index (χ0n) is 13.8. The molecule has 0 amide bonds. The van der Waals surface area contributed by atoms with Gasteiger partial charge in [-0.3, -0.25) is 0 Å². The highest BCUT2D eigenvalue weighted by atomic mass is 32.1. The third kappa shape index (κ3) is 4.90. The number of halogens is 1. The molecule has 2 aromatic carbocycles. The Morgan fingerprint density at radius 2 is 2.00 bits per heavy atom. The van der Waals surface area contributed by atoms with Gasteiger partial charge in [-0.2, -0.15) is 0 Å². The molecule has 25 heavy (non-hydrogen) atoms. The van der Waals surface area contributed by atoms with Crippen LogP contribution in [0.2, 0.25) is 0 Å². The molecule has 0 saturated carbocycles. The van der Waals surface area contributed by atoms with E-state index in [1.807, 2.05) is 17.0 Å². The van der Waals surface area contributed by atoms with E-state index in [0.717, 1.165) is 30.7 Å². The van der Waals surface area contributed by atoms with E-state index >= 15 is 0 Å². The molecule has 2 N–H and O–H groups in total. The van der Waals surface area contributed by atoms with Gasteiger partial charge in [-0.1, -0.05) is 18.2 Å². The van der Waals surface area contributed by atoms with Gasteiger partial charge < -0.3 is 20.1 Å². The summed E-state index contributed by atoms with van der Waals surface area (Å²) in [6, 6.07) is 13.3. The highest BCUT2D eigenvalue weighted by Gasteiger charge is 2.22. The standard InChI is InChI=1S/C19H21FN2O2S/c20-15-7-9-16(10-8-15)21-19(25)22(13-17-5-3-11-24-17)12-14-4-1-2-6-18(14)23/h1-2,4,6-10,17,23H,3,5,11-13H2,(H,21,25)/t17-/m0/s1. The van der Waals surface area contributed by atoms with Crippen molar-refractivity contribution in [2.24, 2.45) is 0 Å². The van der Waals surface area contributed by atoms with Crippen LogP contribution in [0.15, 0.2) is 48.5 Å². The Morgan fingerprint density at radius 3 is 2.68 bits per heavy atom. The normalized spacial score (nSPS) is 16.6. The second kappa shape index (κ2) is 8.27. The summed E-state index contributed by atoms with van der Waals surface area (Å²) in [5.74, 6) is -0.0497. The zero-order chi connectivity index (χ0) is 17.6. The lowest BCUT2D eigenvalue weighted by molar-refractivity contribution is 0.0904. The van der Waals surface area contributed by atoms with Gasteiger partial charge in [-0.25, -0.2) is 4.39 Å². The number of nitrogens with zero attached hydrogens (tertiary/aromatic N) is 1. The van der Waals surface area contributed by atoms with Gasteiger partial charge in [0.15, 0.2) is 5.11 Å². The van der Waals surface area contributed by atoms with Crippen molar-refractivity contribution < 1.29 is 14.2 Å². The molecule has 0 aromatic heterocycles. The van der Waals surface area contributed by atoms with Crippen LogP contribution in [0.1, 0.15) is 18.4 Å². The van der Waals surface area contributed by atoms with Gasteiger partial charge in [0.1, 0.15) is 11.6 Å². The average Bonchev–Trinajstić information content (AvgIpc) is 3.11. The number of aromatic hydroxyl groups is 1. The van der Waals surface area contributed by atoms with E-state index in [1.54, 1.807) is 24.3 Å². The van der Waals surface area contributed by atoms with E-state index in [1.165, 1.54) is 12.1 Å². The van der Waals surface area contributed by atoms with Crippen LogP contribution in [-0.2, 0) is 11.3 Å². The topological polar surface area (TPSA) is 44.7 Å². The maximum Gasteiger partial charge on any atom is 0.173 e.